The molecule has 0 amide bonds. The molecular formula is C15H24ClF2N. The third-order valence-electron chi connectivity index (χ3n) is 3.07. The van der Waals surface area contributed by atoms with E-state index >= 15 is 0 Å². The summed E-state index contributed by atoms with van der Waals surface area (Å²) in [4.78, 5) is 0. The third kappa shape index (κ3) is 4.07. The summed E-state index contributed by atoms with van der Waals surface area (Å²) in [5.41, 5.74) is 7.56. The summed E-state index contributed by atoms with van der Waals surface area (Å²) in [7, 11) is 0. The molecule has 0 saturated carbocycles. The van der Waals surface area contributed by atoms with Gasteiger partial charge in [-0.15, -0.1) is 12.4 Å². The van der Waals surface area contributed by atoms with E-state index in [0.29, 0.717) is 11.3 Å². The maximum atomic E-state index is 13.1. The van der Waals surface area contributed by atoms with Crippen molar-refractivity contribution >= 4 is 18.1 Å². The summed E-state index contributed by atoms with van der Waals surface area (Å²) in [6.07, 6.45) is -2.49. The third-order valence-corrected chi connectivity index (χ3v) is 3.07. The van der Waals surface area contributed by atoms with Crippen molar-refractivity contribution < 1.29 is 8.78 Å². The highest BCUT2D eigenvalue weighted by molar-refractivity contribution is 5.85. The van der Waals surface area contributed by atoms with Crippen LogP contribution in [0.5, 0.6) is 0 Å². The van der Waals surface area contributed by atoms with Crippen molar-refractivity contribution in [1.82, 2.24) is 0 Å². The highest BCUT2D eigenvalue weighted by Gasteiger charge is 2.27. The number of hydrogen-bond donors (Lipinski definition) is 1. The highest BCUT2D eigenvalue weighted by atomic mass is 35.5. The van der Waals surface area contributed by atoms with E-state index in [1.54, 1.807) is 0 Å². The molecule has 110 valence electrons. The summed E-state index contributed by atoms with van der Waals surface area (Å²) in [5, 5.41) is 0. The van der Waals surface area contributed by atoms with Crippen LogP contribution in [0.1, 0.15) is 64.7 Å². The first-order valence-electron chi connectivity index (χ1n) is 6.17. The van der Waals surface area contributed by atoms with Gasteiger partial charge in [0.05, 0.1) is 0 Å². The quantitative estimate of drug-likeness (QED) is 0.705. The lowest BCUT2D eigenvalue weighted by molar-refractivity contribution is 0.149. The van der Waals surface area contributed by atoms with Gasteiger partial charge in [0.2, 0.25) is 0 Å². The topological polar surface area (TPSA) is 26.0 Å². The van der Waals surface area contributed by atoms with Crippen molar-refractivity contribution in [2.45, 2.75) is 58.8 Å². The largest absolute Gasteiger partial charge is 0.398 e. The van der Waals surface area contributed by atoms with Crippen molar-refractivity contribution in [3.63, 3.8) is 0 Å². The van der Waals surface area contributed by atoms with Gasteiger partial charge in [-0.05, 0) is 28.0 Å². The van der Waals surface area contributed by atoms with Crippen molar-refractivity contribution in [3.8, 4) is 0 Å². The lowest BCUT2D eigenvalue weighted by Crippen LogP contribution is -2.20. The Morgan fingerprint density at radius 2 is 1.32 bits per heavy atom. The van der Waals surface area contributed by atoms with E-state index in [-0.39, 0.29) is 28.8 Å². The fraction of sp³-hybridized carbons (Fsp3) is 0.600. The average molecular weight is 292 g/mol. The summed E-state index contributed by atoms with van der Waals surface area (Å²) < 4.78 is 26.2. The molecule has 0 atom stereocenters. The molecule has 0 radical (unpaired) electrons. The van der Waals surface area contributed by atoms with Crippen LogP contribution in [0.15, 0.2) is 12.1 Å². The van der Waals surface area contributed by atoms with Crippen LogP contribution in [0, 0.1) is 0 Å². The molecular weight excluding hydrogens is 268 g/mol. The summed E-state index contributed by atoms with van der Waals surface area (Å²) in [6, 6.07) is 3.28. The molecule has 1 nitrogen and oxygen atoms in total. The minimum absolute atomic E-state index is 0. The first kappa shape index (κ1) is 18.2. The predicted molar refractivity (Wildman–Crippen MR) is 80.5 cm³/mol. The number of hydrogen-bond acceptors (Lipinski definition) is 1. The molecule has 1 aromatic rings. The van der Waals surface area contributed by atoms with E-state index in [4.69, 9.17) is 5.73 Å². The van der Waals surface area contributed by atoms with Gasteiger partial charge in [0, 0.05) is 11.3 Å². The molecule has 0 fully saturated rings. The van der Waals surface area contributed by atoms with Gasteiger partial charge in [0.1, 0.15) is 0 Å². The predicted octanol–water partition coefficient (Wildman–Crippen LogP) is 5.22. The molecule has 0 aliphatic rings. The Morgan fingerprint density at radius 3 is 1.63 bits per heavy atom. The number of benzene rings is 1. The standard InChI is InChI=1S/C15H23F2N.ClH/c1-14(2,3)10-8-11(15(4,5)6)12(18)7-9(10)13(16)17;/h7-8,13H,18H2,1-6H3;1H. The molecule has 0 aliphatic heterocycles. The molecule has 0 heterocycles. The van der Waals surface area contributed by atoms with Crippen molar-refractivity contribution in [2.24, 2.45) is 0 Å². The number of anilines is 1. The van der Waals surface area contributed by atoms with Crippen LogP contribution >= 0.6 is 12.4 Å². The maximum absolute atomic E-state index is 13.1. The van der Waals surface area contributed by atoms with Crippen LogP contribution in [0.2, 0.25) is 0 Å². The fourth-order valence-electron chi connectivity index (χ4n) is 2.11. The van der Waals surface area contributed by atoms with E-state index < -0.39 is 6.43 Å². The molecule has 2 N–H and O–H groups in total. The SMILES string of the molecule is CC(C)(C)c1cc(C(C)(C)C)c(C(F)F)cc1N.Cl. The van der Waals surface area contributed by atoms with Gasteiger partial charge in [-0.3, -0.25) is 0 Å². The van der Waals surface area contributed by atoms with Crippen molar-refractivity contribution in [1.29, 1.82) is 0 Å². The smallest absolute Gasteiger partial charge is 0.264 e. The van der Waals surface area contributed by atoms with Crippen molar-refractivity contribution in [3.05, 3.63) is 28.8 Å². The zero-order chi connectivity index (χ0) is 14.3. The minimum atomic E-state index is -2.49. The molecule has 0 bridgehead atoms. The van der Waals surface area contributed by atoms with Crippen LogP contribution in [-0.4, -0.2) is 0 Å². The lowest BCUT2D eigenvalue weighted by atomic mass is 9.77. The Morgan fingerprint density at radius 1 is 0.895 bits per heavy atom. The monoisotopic (exact) mass is 291 g/mol. The summed E-state index contributed by atoms with van der Waals surface area (Å²) in [6.45, 7) is 11.9. The first-order valence-corrected chi connectivity index (χ1v) is 6.17. The minimum Gasteiger partial charge on any atom is -0.398 e. The van der Waals surface area contributed by atoms with Gasteiger partial charge in [0.25, 0.3) is 6.43 Å². The number of rotatable bonds is 1. The maximum Gasteiger partial charge on any atom is 0.264 e. The number of nitrogen functional groups attached to an aromatic ring is 1. The molecule has 1 aromatic carbocycles. The molecule has 0 aliphatic carbocycles. The molecule has 0 aromatic heterocycles. The van der Waals surface area contributed by atoms with Crippen LogP contribution in [0.3, 0.4) is 0 Å². The van der Waals surface area contributed by atoms with E-state index in [9.17, 15) is 8.78 Å². The van der Waals surface area contributed by atoms with Gasteiger partial charge in [0.15, 0.2) is 0 Å². The van der Waals surface area contributed by atoms with Gasteiger partial charge >= 0.3 is 0 Å². The first-order chi connectivity index (χ1) is 7.94. The van der Waals surface area contributed by atoms with E-state index in [0.717, 1.165) is 5.56 Å². The lowest BCUT2D eigenvalue weighted by Gasteiger charge is -2.28. The summed E-state index contributed by atoms with van der Waals surface area (Å²) in [5.74, 6) is 0. The van der Waals surface area contributed by atoms with Gasteiger partial charge in [-0.2, -0.15) is 0 Å². The fourth-order valence-corrected chi connectivity index (χ4v) is 2.11. The Kier molecular flexibility index (Phi) is 5.41. The Bertz CT molecular complexity index is 443. The van der Waals surface area contributed by atoms with Gasteiger partial charge < -0.3 is 5.73 Å². The Hall–Kier alpha value is -0.830. The molecule has 0 spiro atoms. The van der Waals surface area contributed by atoms with Crippen LogP contribution < -0.4 is 5.73 Å². The Labute approximate surface area is 121 Å². The van der Waals surface area contributed by atoms with Gasteiger partial charge in [-0.25, -0.2) is 8.78 Å². The normalized spacial score (nSPS) is 12.5. The van der Waals surface area contributed by atoms with Gasteiger partial charge in [-0.1, -0.05) is 47.6 Å². The Balaban J connectivity index is 0.00000324. The second-order valence-corrected chi connectivity index (χ2v) is 6.83. The highest BCUT2D eigenvalue weighted by Crippen LogP contribution is 2.38. The number of halogens is 3. The van der Waals surface area contributed by atoms with Crippen LogP contribution in [0.4, 0.5) is 14.5 Å². The van der Waals surface area contributed by atoms with E-state index in [2.05, 4.69) is 0 Å². The number of alkyl halides is 2. The van der Waals surface area contributed by atoms with Crippen molar-refractivity contribution in [2.75, 3.05) is 5.73 Å². The van der Waals surface area contributed by atoms with Crippen LogP contribution in [-0.2, 0) is 10.8 Å². The summed E-state index contributed by atoms with van der Waals surface area (Å²) >= 11 is 0. The molecule has 1 rings (SSSR count). The number of nitrogens with two attached hydrogens (primary N) is 1. The second kappa shape index (κ2) is 5.66. The zero-order valence-corrected chi connectivity index (χ0v) is 13.3. The zero-order valence-electron chi connectivity index (χ0n) is 12.5. The second-order valence-electron chi connectivity index (χ2n) is 6.83. The molecule has 0 unspecified atom stereocenters. The molecule has 0 saturated heterocycles. The molecule has 4 heteroatoms. The average Bonchev–Trinajstić information content (AvgIpc) is 2.12. The van der Waals surface area contributed by atoms with E-state index in [1.807, 2.05) is 47.6 Å². The van der Waals surface area contributed by atoms with Crippen LogP contribution in [0.25, 0.3) is 0 Å². The van der Waals surface area contributed by atoms with E-state index in [1.165, 1.54) is 6.07 Å². The molecule has 19 heavy (non-hydrogen) atoms.